The molecule has 9 atom stereocenters. The molecule has 5 heteroatoms. The number of ketones is 1. The molecule has 5 nitrogen and oxygen atoms in total. The van der Waals surface area contributed by atoms with Crippen molar-refractivity contribution in [3.05, 3.63) is 35.9 Å². The van der Waals surface area contributed by atoms with Gasteiger partial charge in [0, 0.05) is 18.3 Å². The quantitative estimate of drug-likeness (QED) is 0.403. The van der Waals surface area contributed by atoms with E-state index in [2.05, 4.69) is 20.8 Å². The van der Waals surface area contributed by atoms with Crippen molar-refractivity contribution in [2.45, 2.75) is 91.1 Å². The van der Waals surface area contributed by atoms with Crippen LogP contribution in [0.4, 0.5) is 0 Å². The average Bonchev–Trinajstić information content (AvgIpc) is 3.27. The minimum Gasteiger partial charge on any atom is -0.469 e. The van der Waals surface area contributed by atoms with E-state index in [4.69, 9.17) is 9.47 Å². The second-order valence-electron chi connectivity index (χ2n) is 13.0. The van der Waals surface area contributed by atoms with Crippen LogP contribution in [0, 0.1) is 46.3 Å². The number of esters is 2. The van der Waals surface area contributed by atoms with Crippen molar-refractivity contribution in [3.8, 4) is 0 Å². The fraction of sp³-hybridized carbons (Fsp3) is 0.719. The first-order valence-electron chi connectivity index (χ1n) is 14.5. The summed E-state index contributed by atoms with van der Waals surface area (Å²) in [6.45, 7) is 6.93. The number of Topliss-reactive ketones (excluding diaryl/α,β-unsaturated/α-hetero) is 1. The molecule has 0 aliphatic heterocycles. The maximum atomic E-state index is 14.0. The van der Waals surface area contributed by atoms with Gasteiger partial charge in [-0.2, -0.15) is 0 Å². The molecular formula is C32H44O5. The van der Waals surface area contributed by atoms with Crippen LogP contribution >= 0.6 is 0 Å². The molecule has 0 aromatic heterocycles. The second kappa shape index (κ2) is 10.2. The third-order valence-electron chi connectivity index (χ3n) is 11.6. The standard InChI is InChI=1S/C32H44O5/c1-20(10-15-29(34)36-4)25-13-14-26-24-12-11-22-18-23(37-30(35)21-8-6-5-7-9-21)16-17-31(22,2)27(24)19-28(33)32(25,26)3/h5-9,20,22-27H,10-19H2,1-4H3/t20-,22-,23-,24-,25+,26-,27-,31-,32+/m0/s1. The van der Waals surface area contributed by atoms with Gasteiger partial charge in [0.1, 0.15) is 11.9 Å². The van der Waals surface area contributed by atoms with Crippen LogP contribution in [-0.4, -0.2) is 30.9 Å². The van der Waals surface area contributed by atoms with Crippen molar-refractivity contribution >= 4 is 17.7 Å². The fourth-order valence-corrected chi connectivity index (χ4v) is 9.42. The number of methoxy groups -OCH3 is 1. The van der Waals surface area contributed by atoms with E-state index in [0.717, 1.165) is 38.5 Å². The molecule has 0 radical (unpaired) electrons. The number of carbonyl (C=O) groups excluding carboxylic acids is 3. The Morgan fingerprint density at radius 3 is 2.51 bits per heavy atom. The molecule has 1 aromatic carbocycles. The van der Waals surface area contributed by atoms with E-state index in [1.54, 1.807) is 0 Å². The van der Waals surface area contributed by atoms with Gasteiger partial charge in [0.05, 0.1) is 12.7 Å². The van der Waals surface area contributed by atoms with Crippen molar-refractivity contribution in [2.75, 3.05) is 7.11 Å². The summed E-state index contributed by atoms with van der Waals surface area (Å²) >= 11 is 0. The molecule has 0 unspecified atom stereocenters. The number of hydrogen-bond acceptors (Lipinski definition) is 5. The third-order valence-corrected chi connectivity index (χ3v) is 11.6. The summed E-state index contributed by atoms with van der Waals surface area (Å²) in [5.74, 6) is 2.79. The Kier molecular flexibility index (Phi) is 7.28. The summed E-state index contributed by atoms with van der Waals surface area (Å²) in [7, 11) is 1.45. The highest BCUT2D eigenvalue weighted by Gasteiger charge is 2.64. The van der Waals surface area contributed by atoms with Crippen LogP contribution < -0.4 is 0 Å². The molecule has 0 spiro atoms. The minimum absolute atomic E-state index is 0.0292. The van der Waals surface area contributed by atoms with Crippen LogP contribution in [0.1, 0.15) is 95.3 Å². The van der Waals surface area contributed by atoms with E-state index < -0.39 is 0 Å². The van der Waals surface area contributed by atoms with Gasteiger partial charge in [-0.15, -0.1) is 0 Å². The van der Waals surface area contributed by atoms with E-state index in [9.17, 15) is 14.4 Å². The van der Waals surface area contributed by atoms with E-state index in [0.29, 0.717) is 59.7 Å². The summed E-state index contributed by atoms with van der Waals surface area (Å²) in [4.78, 5) is 38.4. The van der Waals surface area contributed by atoms with E-state index >= 15 is 0 Å². The van der Waals surface area contributed by atoms with Gasteiger partial charge in [-0.3, -0.25) is 9.59 Å². The van der Waals surface area contributed by atoms with Gasteiger partial charge in [0.15, 0.2) is 0 Å². The smallest absolute Gasteiger partial charge is 0.338 e. The zero-order valence-electron chi connectivity index (χ0n) is 23.0. The average molecular weight is 509 g/mol. The SMILES string of the molecule is COC(=O)CC[C@H](C)[C@H]1CC[C@H]2[C@@H]3CC[C@H]4C[C@@H](OC(=O)c5ccccc5)CC[C@]4(C)[C@H]3CC(=O)[C@]12C. The molecule has 0 N–H and O–H groups in total. The van der Waals surface area contributed by atoms with Gasteiger partial charge in [0.2, 0.25) is 0 Å². The van der Waals surface area contributed by atoms with Crippen LogP contribution in [0.3, 0.4) is 0 Å². The lowest BCUT2D eigenvalue weighted by Crippen LogP contribution is -2.57. The monoisotopic (exact) mass is 508 g/mol. The third kappa shape index (κ3) is 4.55. The Hall–Kier alpha value is -2.17. The van der Waals surface area contributed by atoms with Crippen molar-refractivity contribution in [2.24, 2.45) is 46.3 Å². The number of carbonyl (C=O) groups is 3. The van der Waals surface area contributed by atoms with E-state index in [-0.39, 0.29) is 28.9 Å². The molecule has 0 bridgehead atoms. The molecule has 0 saturated heterocycles. The summed E-state index contributed by atoms with van der Waals surface area (Å²) < 4.78 is 10.8. The predicted octanol–water partition coefficient (Wildman–Crippen LogP) is 6.64. The maximum absolute atomic E-state index is 14.0. The number of hydrogen-bond donors (Lipinski definition) is 0. The Labute approximate surface area is 222 Å². The van der Waals surface area contributed by atoms with Crippen molar-refractivity contribution in [1.82, 2.24) is 0 Å². The van der Waals surface area contributed by atoms with Crippen LogP contribution in [0.25, 0.3) is 0 Å². The molecule has 0 amide bonds. The number of fused-ring (bicyclic) bond motifs is 5. The summed E-state index contributed by atoms with van der Waals surface area (Å²) in [5, 5.41) is 0. The van der Waals surface area contributed by atoms with E-state index in [1.807, 2.05) is 30.3 Å². The van der Waals surface area contributed by atoms with Crippen molar-refractivity contribution in [1.29, 1.82) is 0 Å². The van der Waals surface area contributed by atoms with Crippen LogP contribution in [-0.2, 0) is 19.1 Å². The molecule has 37 heavy (non-hydrogen) atoms. The Morgan fingerprint density at radius 2 is 1.78 bits per heavy atom. The first-order valence-corrected chi connectivity index (χ1v) is 14.5. The topological polar surface area (TPSA) is 69.7 Å². The molecule has 4 saturated carbocycles. The van der Waals surface area contributed by atoms with Gasteiger partial charge in [-0.25, -0.2) is 4.79 Å². The summed E-state index contributed by atoms with van der Waals surface area (Å²) in [6.07, 6.45) is 9.31. The van der Waals surface area contributed by atoms with E-state index in [1.165, 1.54) is 20.0 Å². The summed E-state index contributed by atoms with van der Waals surface area (Å²) in [5.41, 5.74) is 0.500. The highest BCUT2D eigenvalue weighted by molar-refractivity contribution is 5.89. The molecule has 202 valence electrons. The maximum Gasteiger partial charge on any atom is 0.338 e. The lowest BCUT2D eigenvalue weighted by molar-refractivity contribution is -0.160. The highest BCUT2D eigenvalue weighted by atomic mass is 16.5. The Morgan fingerprint density at radius 1 is 1.03 bits per heavy atom. The number of benzene rings is 1. The van der Waals surface area contributed by atoms with Gasteiger partial charge in [-0.1, -0.05) is 39.0 Å². The first-order chi connectivity index (χ1) is 17.7. The number of rotatable bonds is 6. The zero-order valence-corrected chi connectivity index (χ0v) is 23.0. The number of ether oxygens (including phenoxy) is 2. The van der Waals surface area contributed by atoms with Crippen LogP contribution in [0.2, 0.25) is 0 Å². The molecular weight excluding hydrogens is 464 g/mol. The molecule has 4 aliphatic rings. The fourth-order valence-electron chi connectivity index (χ4n) is 9.42. The van der Waals surface area contributed by atoms with Gasteiger partial charge in [0.25, 0.3) is 0 Å². The Bertz CT molecular complexity index is 1020. The molecule has 0 heterocycles. The van der Waals surface area contributed by atoms with Crippen LogP contribution in [0.15, 0.2) is 30.3 Å². The highest BCUT2D eigenvalue weighted by Crippen LogP contribution is 2.67. The van der Waals surface area contributed by atoms with Crippen LogP contribution in [0.5, 0.6) is 0 Å². The van der Waals surface area contributed by atoms with Crippen molar-refractivity contribution in [3.63, 3.8) is 0 Å². The van der Waals surface area contributed by atoms with Gasteiger partial charge in [-0.05, 0) is 104 Å². The second-order valence-corrected chi connectivity index (χ2v) is 13.0. The normalized spacial score (nSPS) is 39.6. The molecule has 1 aromatic rings. The summed E-state index contributed by atoms with van der Waals surface area (Å²) in [6, 6.07) is 9.29. The minimum atomic E-state index is -0.262. The lowest BCUT2D eigenvalue weighted by Gasteiger charge is -2.60. The van der Waals surface area contributed by atoms with Gasteiger partial charge < -0.3 is 9.47 Å². The predicted molar refractivity (Wildman–Crippen MR) is 142 cm³/mol. The zero-order chi connectivity index (χ0) is 26.4. The van der Waals surface area contributed by atoms with Gasteiger partial charge >= 0.3 is 11.9 Å². The molecule has 5 rings (SSSR count). The Balaban J connectivity index is 1.27. The molecule has 4 aliphatic carbocycles. The largest absolute Gasteiger partial charge is 0.469 e. The molecule has 4 fully saturated rings. The van der Waals surface area contributed by atoms with Crippen molar-refractivity contribution < 1.29 is 23.9 Å². The first kappa shape index (κ1) is 26.4. The lowest BCUT2D eigenvalue weighted by atomic mass is 9.44.